The van der Waals surface area contributed by atoms with Crippen LogP contribution in [0.25, 0.3) is 0 Å². The van der Waals surface area contributed by atoms with Crippen LogP contribution in [0.3, 0.4) is 0 Å². The smallest absolute Gasteiger partial charge is 0.180 e. The molecule has 0 aromatic heterocycles. The minimum atomic E-state index is -0.750. The average Bonchev–Trinajstić information content (AvgIpc) is 3.10. The van der Waals surface area contributed by atoms with Crippen LogP contribution >= 0.6 is 34.8 Å². The van der Waals surface area contributed by atoms with Gasteiger partial charge in [-0.3, -0.25) is 0 Å². The molecule has 0 radical (unpaired) electrons. The van der Waals surface area contributed by atoms with Crippen molar-refractivity contribution >= 4 is 34.8 Å². The largest absolute Gasteiger partial charge is 1.00 e. The first-order chi connectivity index (χ1) is 22.0. The molecule has 0 unspecified atom stereocenters. The minimum absolute atomic E-state index is 0. The van der Waals surface area contributed by atoms with Gasteiger partial charge in [-0.1, -0.05) is 126 Å². The van der Waals surface area contributed by atoms with Gasteiger partial charge < -0.3 is 64.4 Å². The summed E-state index contributed by atoms with van der Waals surface area (Å²) in [5.41, 5.74) is 4.37. The summed E-state index contributed by atoms with van der Waals surface area (Å²) < 4.78 is 2.85. The Labute approximate surface area is 349 Å². The molecular weight excluding hydrogens is 869 g/mol. The summed E-state index contributed by atoms with van der Waals surface area (Å²) in [5.74, 6) is 0. The van der Waals surface area contributed by atoms with E-state index in [0.29, 0.717) is 0 Å². The molecule has 0 saturated heterocycles. The van der Waals surface area contributed by atoms with Crippen molar-refractivity contribution in [1.82, 2.24) is 0 Å². The zero-order valence-corrected chi connectivity index (χ0v) is 38.9. The maximum absolute atomic E-state index is 4.81. The number of hydrogen-bond donors (Lipinski definition) is 0. The van der Waals surface area contributed by atoms with Gasteiger partial charge in [0.2, 0.25) is 0 Å². The lowest BCUT2D eigenvalue weighted by Gasteiger charge is -2.35. The summed E-state index contributed by atoms with van der Waals surface area (Å²) in [5, 5.41) is 0. The molecule has 0 N–H and O–H groups in total. The first kappa shape index (κ1) is 55.6. The molecule has 0 aliphatic heterocycles. The Kier molecular flexibility index (Phi) is 36.9. The summed E-state index contributed by atoms with van der Waals surface area (Å²) in [6.45, 7) is 35.1. The highest BCUT2D eigenvalue weighted by atomic mass is 79.9. The Bertz CT molecular complexity index is 935. The molecule has 0 aliphatic carbocycles. The Hall–Kier alpha value is -0.150. The van der Waals surface area contributed by atoms with Crippen LogP contribution in [0.4, 0.5) is 0 Å². The van der Waals surface area contributed by atoms with E-state index in [9.17, 15) is 0 Å². The van der Waals surface area contributed by atoms with E-state index < -0.39 is 4.30 Å². The lowest BCUT2D eigenvalue weighted by Crippen LogP contribution is -3.00. The quantitative estimate of drug-likeness (QED) is 0.162. The average molecular weight is 936 g/mol. The van der Waals surface area contributed by atoms with Crippen molar-refractivity contribution in [2.24, 2.45) is 0 Å². The number of quaternary nitrogens is 3. The van der Waals surface area contributed by atoms with Gasteiger partial charge in [-0.15, -0.1) is 0 Å². The van der Waals surface area contributed by atoms with Crippen LogP contribution in [-0.4, -0.2) is 76.6 Å². The maximum atomic E-state index is 4.81. The lowest BCUT2D eigenvalue weighted by atomic mass is 10.2. The predicted molar refractivity (Wildman–Crippen MR) is 207 cm³/mol. The number of benzene rings is 3. The van der Waals surface area contributed by atoms with Crippen LogP contribution < -0.4 is 50.9 Å². The molecular formula is C40H67Br3Cl3N3. The third kappa shape index (κ3) is 23.2. The van der Waals surface area contributed by atoms with Crippen molar-refractivity contribution < 1.29 is 64.4 Å². The Balaban J connectivity index is -0.000000285. The van der Waals surface area contributed by atoms with Crippen molar-refractivity contribution in [3.05, 3.63) is 108 Å². The van der Waals surface area contributed by atoms with Crippen molar-refractivity contribution in [2.45, 2.75) is 86.2 Å². The highest BCUT2D eigenvalue weighted by Gasteiger charge is 2.22. The van der Waals surface area contributed by atoms with Crippen molar-refractivity contribution in [2.75, 3.05) is 58.9 Å². The fourth-order valence-corrected chi connectivity index (χ4v) is 5.93. The molecule has 3 aromatic carbocycles. The normalized spacial score (nSPS) is 10.7. The van der Waals surface area contributed by atoms with Gasteiger partial charge in [0.15, 0.2) is 4.30 Å². The molecule has 0 heterocycles. The van der Waals surface area contributed by atoms with Crippen LogP contribution in [0, 0.1) is 0 Å². The minimum Gasteiger partial charge on any atom is -1.00 e. The van der Waals surface area contributed by atoms with Crippen LogP contribution in [0.2, 0.25) is 0 Å². The fourth-order valence-electron chi connectivity index (χ4n) is 5.93. The molecule has 0 aliphatic rings. The second-order valence-electron chi connectivity index (χ2n) is 12.0. The van der Waals surface area contributed by atoms with Crippen molar-refractivity contribution in [3.8, 4) is 0 Å². The van der Waals surface area contributed by atoms with E-state index >= 15 is 0 Å². The fraction of sp³-hybridized carbons (Fsp3) is 0.550. The number of hydrogen-bond acceptors (Lipinski definition) is 0. The number of halogens is 6. The molecule has 3 aromatic rings. The van der Waals surface area contributed by atoms with Gasteiger partial charge in [0.1, 0.15) is 19.6 Å². The van der Waals surface area contributed by atoms with Gasteiger partial charge >= 0.3 is 0 Å². The first-order valence-corrected chi connectivity index (χ1v) is 18.9. The summed E-state index contributed by atoms with van der Waals surface area (Å²) in [4.78, 5) is 0. The van der Waals surface area contributed by atoms with Crippen molar-refractivity contribution in [3.63, 3.8) is 0 Å². The van der Waals surface area contributed by atoms with E-state index in [1.807, 2.05) is 0 Å². The van der Waals surface area contributed by atoms with Crippen LogP contribution in [0.1, 0.15) is 79.0 Å². The Morgan fingerprint density at radius 2 is 0.490 bits per heavy atom. The van der Waals surface area contributed by atoms with Crippen LogP contribution in [0.15, 0.2) is 91.0 Å². The van der Waals surface area contributed by atoms with Crippen LogP contribution in [-0.2, 0) is 19.6 Å². The molecule has 284 valence electrons. The van der Waals surface area contributed by atoms with Crippen LogP contribution in [0.5, 0.6) is 0 Å². The summed E-state index contributed by atoms with van der Waals surface area (Å²) in [6.07, 6.45) is 0. The molecule has 9 heteroatoms. The maximum Gasteiger partial charge on any atom is 0.180 e. The van der Waals surface area contributed by atoms with Crippen molar-refractivity contribution in [1.29, 1.82) is 0 Å². The van der Waals surface area contributed by atoms with Gasteiger partial charge in [-0.25, -0.2) is 0 Å². The van der Waals surface area contributed by atoms with E-state index in [0.717, 1.165) is 0 Å². The highest BCUT2D eigenvalue weighted by Crippen LogP contribution is 2.15. The number of nitrogens with zero attached hydrogens (tertiary/aromatic N) is 3. The monoisotopic (exact) mass is 931 g/mol. The van der Waals surface area contributed by atoms with E-state index in [1.54, 1.807) is 0 Å². The highest BCUT2D eigenvalue weighted by molar-refractivity contribution is 6.63. The topological polar surface area (TPSA) is 0 Å². The van der Waals surface area contributed by atoms with Gasteiger partial charge in [0.25, 0.3) is 0 Å². The lowest BCUT2D eigenvalue weighted by molar-refractivity contribution is -0.936. The Morgan fingerprint density at radius 3 is 0.612 bits per heavy atom. The van der Waals surface area contributed by atoms with Gasteiger partial charge in [0.05, 0.1) is 58.9 Å². The van der Waals surface area contributed by atoms with Gasteiger partial charge in [0, 0.05) is 16.7 Å². The third-order valence-electron chi connectivity index (χ3n) is 10.1. The second kappa shape index (κ2) is 32.5. The predicted octanol–water partition coefficient (Wildman–Crippen LogP) is 2.19. The summed E-state index contributed by atoms with van der Waals surface area (Å²) in [6, 6.07) is 32.4. The molecule has 0 spiro atoms. The zero-order valence-electron chi connectivity index (χ0n) is 31.8. The first-order valence-electron chi connectivity index (χ1n) is 17.6. The molecule has 3 nitrogen and oxygen atoms in total. The summed E-state index contributed by atoms with van der Waals surface area (Å²) >= 11 is 14.4. The Morgan fingerprint density at radius 1 is 0.347 bits per heavy atom. The molecule has 0 atom stereocenters. The third-order valence-corrected chi connectivity index (χ3v) is 10.1. The molecule has 3 rings (SSSR count). The van der Waals surface area contributed by atoms with E-state index in [2.05, 4.69) is 153 Å². The van der Waals surface area contributed by atoms with Gasteiger partial charge in [-0.2, -0.15) is 0 Å². The standard InChI is InChI=1S/3C13H22N.CHCl3.3BrH/c3*1-4-14(5-2,6-3)12-13-10-8-7-9-11-13;2-1(3)4;;;/h3*7-11H,4-6,12H2,1-3H3;1H;3*1H/q3*+1;;;;/p-3. The number of alkyl halides is 3. The van der Waals surface area contributed by atoms with E-state index in [4.69, 9.17) is 34.8 Å². The zero-order chi connectivity index (χ0) is 34.9. The van der Waals surface area contributed by atoms with Gasteiger partial charge in [-0.05, 0) is 62.3 Å². The van der Waals surface area contributed by atoms with E-state index in [1.165, 1.54) is 109 Å². The second-order valence-corrected chi connectivity index (χ2v) is 14.0. The SMILES string of the molecule is CC[N+](CC)(CC)Cc1ccccc1.CC[N+](CC)(CC)Cc1ccccc1.CC[N+](CC)(CC)Cc1ccccc1.ClC(Cl)Cl.[Br-].[Br-].[Br-]. The summed E-state index contributed by atoms with van der Waals surface area (Å²) in [7, 11) is 0. The molecule has 0 saturated carbocycles. The molecule has 0 bridgehead atoms. The van der Waals surface area contributed by atoms with E-state index in [-0.39, 0.29) is 50.9 Å². The molecule has 0 amide bonds. The molecule has 49 heavy (non-hydrogen) atoms. The molecule has 0 fully saturated rings. The number of rotatable bonds is 15.